The first-order valence-electron chi connectivity index (χ1n) is 5.74. The molecule has 0 saturated carbocycles. The Morgan fingerprint density at radius 3 is 2.41 bits per heavy atom. The van der Waals surface area contributed by atoms with Gasteiger partial charge in [0.2, 0.25) is 0 Å². The largest absolute Gasteiger partial charge is 0.497 e. The van der Waals surface area contributed by atoms with Gasteiger partial charge >= 0.3 is 0 Å². The molecule has 2 aromatic rings. The number of rotatable bonds is 3. The van der Waals surface area contributed by atoms with Crippen molar-refractivity contribution in [2.24, 2.45) is 5.92 Å². The van der Waals surface area contributed by atoms with Gasteiger partial charge in [0.25, 0.3) is 0 Å². The average Bonchev–Trinajstić information content (AvgIpc) is 2.36. The molecular weight excluding hydrogens is 212 g/mol. The molecule has 2 nitrogen and oxygen atoms in total. The van der Waals surface area contributed by atoms with E-state index in [0.29, 0.717) is 0 Å². The van der Waals surface area contributed by atoms with Crippen molar-refractivity contribution in [2.45, 2.75) is 13.8 Å². The van der Waals surface area contributed by atoms with Gasteiger partial charge < -0.3 is 4.74 Å². The summed E-state index contributed by atoms with van der Waals surface area (Å²) < 4.78 is 5.19. The number of methoxy groups -OCH3 is 1. The number of ether oxygens (including phenoxy) is 1. The summed E-state index contributed by atoms with van der Waals surface area (Å²) in [6, 6.07) is 11.7. The third kappa shape index (κ3) is 2.31. The fourth-order valence-corrected chi connectivity index (χ4v) is 1.84. The van der Waals surface area contributed by atoms with Crippen LogP contribution in [0.4, 0.5) is 0 Å². The molecule has 0 fully saturated rings. The second-order valence-corrected chi connectivity index (χ2v) is 4.45. The fraction of sp³-hybridized carbons (Fsp3) is 0.267. The Kier molecular flexibility index (Phi) is 3.14. The van der Waals surface area contributed by atoms with E-state index in [9.17, 15) is 4.79 Å². The van der Waals surface area contributed by atoms with Gasteiger partial charge in [0, 0.05) is 11.5 Å². The van der Waals surface area contributed by atoms with Crippen molar-refractivity contribution in [3.05, 3.63) is 42.0 Å². The molecule has 0 heterocycles. The van der Waals surface area contributed by atoms with Crippen LogP contribution in [0, 0.1) is 5.92 Å². The Bertz CT molecular complexity index is 556. The van der Waals surface area contributed by atoms with E-state index < -0.39 is 0 Å². The van der Waals surface area contributed by atoms with Gasteiger partial charge in [-0.2, -0.15) is 0 Å². The Balaban J connectivity index is 2.51. The first kappa shape index (κ1) is 11.6. The van der Waals surface area contributed by atoms with Gasteiger partial charge in [-0.1, -0.05) is 32.0 Å². The SMILES string of the molecule is COc1ccc2ccc(C(=O)C(C)C)cc2c1. The zero-order valence-electron chi connectivity index (χ0n) is 10.4. The van der Waals surface area contributed by atoms with Crippen molar-refractivity contribution in [3.8, 4) is 5.75 Å². The minimum atomic E-state index is 0.0260. The molecule has 0 aromatic heterocycles. The van der Waals surface area contributed by atoms with E-state index in [1.165, 1.54) is 0 Å². The van der Waals surface area contributed by atoms with E-state index in [0.717, 1.165) is 22.1 Å². The summed E-state index contributed by atoms with van der Waals surface area (Å²) in [5, 5.41) is 2.15. The predicted octanol–water partition coefficient (Wildman–Crippen LogP) is 3.69. The molecule has 0 radical (unpaired) electrons. The molecule has 0 bridgehead atoms. The monoisotopic (exact) mass is 228 g/mol. The Hall–Kier alpha value is -1.83. The van der Waals surface area contributed by atoms with Gasteiger partial charge in [-0.05, 0) is 29.0 Å². The van der Waals surface area contributed by atoms with Crippen molar-refractivity contribution < 1.29 is 9.53 Å². The summed E-state index contributed by atoms with van der Waals surface area (Å²) in [7, 11) is 1.64. The van der Waals surface area contributed by atoms with Crippen LogP contribution in [0.3, 0.4) is 0 Å². The van der Waals surface area contributed by atoms with E-state index >= 15 is 0 Å². The maximum atomic E-state index is 11.9. The third-order valence-corrected chi connectivity index (χ3v) is 2.86. The summed E-state index contributed by atoms with van der Waals surface area (Å²) >= 11 is 0. The van der Waals surface area contributed by atoms with Crippen molar-refractivity contribution in [3.63, 3.8) is 0 Å². The predicted molar refractivity (Wildman–Crippen MR) is 69.7 cm³/mol. The zero-order chi connectivity index (χ0) is 12.4. The number of ketones is 1. The zero-order valence-corrected chi connectivity index (χ0v) is 10.4. The van der Waals surface area contributed by atoms with Crippen molar-refractivity contribution in [1.82, 2.24) is 0 Å². The normalized spacial score (nSPS) is 10.8. The topological polar surface area (TPSA) is 26.3 Å². The van der Waals surface area contributed by atoms with E-state index in [2.05, 4.69) is 0 Å². The van der Waals surface area contributed by atoms with Gasteiger partial charge in [-0.15, -0.1) is 0 Å². The van der Waals surface area contributed by atoms with Crippen LogP contribution in [0.25, 0.3) is 10.8 Å². The lowest BCUT2D eigenvalue weighted by Gasteiger charge is -2.07. The highest BCUT2D eigenvalue weighted by Gasteiger charge is 2.10. The third-order valence-electron chi connectivity index (χ3n) is 2.86. The second kappa shape index (κ2) is 4.58. The lowest BCUT2D eigenvalue weighted by Crippen LogP contribution is -2.06. The Labute approximate surface area is 101 Å². The number of carbonyl (C=O) groups is 1. The summed E-state index contributed by atoms with van der Waals surface area (Å²) in [6.45, 7) is 3.83. The first-order valence-corrected chi connectivity index (χ1v) is 5.74. The average molecular weight is 228 g/mol. The second-order valence-electron chi connectivity index (χ2n) is 4.45. The number of benzene rings is 2. The van der Waals surface area contributed by atoms with Crippen LogP contribution >= 0.6 is 0 Å². The highest BCUT2D eigenvalue weighted by molar-refractivity contribution is 6.01. The minimum absolute atomic E-state index is 0.0260. The van der Waals surface area contributed by atoms with E-state index in [1.54, 1.807) is 7.11 Å². The molecule has 0 spiro atoms. The highest BCUT2D eigenvalue weighted by atomic mass is 16.5. The van der Waals surface area contributed by atoms with Crippen LogP contribution < -0.4 is 4.74 Å². The molecule has 2 rings (SSSR count). The van der Waals surface area contributed by atoms with E-state index in [1.807, 2.05) is 50.2 Å². The molecular formula is C15H16O2. The fourth-order valence-electron chi connectivity index (χ4n) is 1.84. The van der Waals surface area contributed by atoms with Gasteiger partial charge in [0.15, 0.2) is 5.78 Å². The van der Waals surface area contributed by atoms with Crippen LogP contribution in [0.1, 0.15) is 24.2 Å². The van der Waals surface area contributed by atoms with Crippen molar-refractivity contribution >= 4 is 16.6 Å². The number of hydrogen-bond acceptors (Lipinski definition) is 2. The molecule has 0 atom stereocenters. The maximum absolute atomic E-state index is 11.9. The summed E-state index contributed by atoms with van der Waals surface area (Å²) in [5.41, 5.74) is 0.765. The van der Waals surface area contributed by atoms with Gasteiger partial charge in [0.05, 0.1) is 7.11 Å². The molecule has 17 heavy (non-hydrogen) atoms. The molecule has 0 saturated heterocycles. The first-order chi connectivity index (χ1) is 8.11. The van der Waals surface area contributed by atoms with Gasteiger partial charge in [-0.3, -0.25) is 4.79 Å². The number of carbonyl (C=O) groups excluding carboxylic acids is 1. The molecule has 88 valence electrons. The van der Waals surface area contributed by atoms with Crippen molar-refractivity contribution in [1.29, 1.82) is 0 Å². The van der Waals surface area contributed by atoms with Crippen LogP contribution in [0.5, 0.6) is 5.75 Å². The Morgan fingerprint density at radius 2 is 1.76 bits per heavy atom. The smallest absolute Gasteiger partial charge is 0.165 e. The summed E-state index contributed by atoms with van der Waals surface area (Å²) in [4.78, 5) is 11.9. The molecule has 0 amide bonds. The standard InChI is InChI=1S/C15H16O2/c1-10(2)15(16)12-5-4-11-6-7-14(17-3)9-13(11)8-12/h4-10H,1-3H3. The molecule has 0 N–H and O–H groups in total. The quantitative estimate of drug-likeness (QED) is 0.749. The molecule has 0 unspecified atom stereocenters. The summed E-state index contributed by atoms with van der Waals surface area (Å²) in [5.74, 6) is 1.01. The van der Waals surface area contributed by atoms with E-state index in [-0.39, 0.29) is 11.7 Å². The number of Topliss-reactive ketones (excluding diaryl/α,β-unsaturated/α-hetero) is 1. The molecule has 0 aliphatic carbocycles. The van der Waals surface area contributed by atoms with Crippen LogP contribution in [0.15, 0.2) is 36.4 Å². The number of hydrogen-bond donors (Lipinski definition) is 0. The van der Waals surface area contributed by atoms with Crippen LogP contribution in [0.2, 0.25) is 0 Å². The number of fused-ring (bicyclic) bond motifs is 1. The van der Waals surface area contributed by atoms with Gasteiger partial charge in [-0.25, -0.2) is 0 Å². The minimum Gasteiger partial charge on any atom is -0.497 e. The highest BCUT2D eigenvalue weighted by Crippen LogP contribution is 2.22. The molecule has 2 heteroatoms. The van der Waals surface area contributed by atoms with Gasteiger partial charge in [0.1, 0.15) is 5.75 Å². The summed E-state index contributed by atoms with van der Waals surface area (Å²) in [6.07, 6.45) is 0. The van der Waals surface area contributed by atoms with Crippen molar-refractivity contribution in [2.75, 3.05) is 7.11 Å². The Morgan fingerprint density at radius 1 is 1.06 bits per heavy atom. The lowest BCUT2D eigenvalue weighted by molar-refractivity contribution is 0.0939. The van der Waals surface area contributed by atoms with Crippen LogP contribution in [-0.4, -0.2) is 12.9 Å². The molecule has 2 aromatic carbocycles. The maximum Gasteiger partial charge on any atom is 0.165 e. The van der Waals surface area contributed by atoms with Crippen LogP contribution in [-0.2, 0) is 0 Å². The molecule has 0 aliphatic rings. The lowest BCUT2D eigenvalue weighted by atomic mass is 9.98. The van der Waals surface area contributed by atoms with E-state index in [4.69, 9.17) is 4.74 Å². The molecule has 0 aliphatic heterocycles.